The van der Waals surface area contributed by atoms with Crippen LogP contribution in [-0.2, 0) is 0 Å². The molecule has 0 bridgehead atoms. The zero-order valence-electron chi connectivity index (χ0n) is 9.69. The first kappa shape index (κ1) is 13.6. The van der Waals surface area contributed by atoms with E-state index in [0.29, 0.717) is 19.0 Å². The largest absolute Gasteiger partial charge is 0.395 e. The predicted octanol–water partition coefficient (Wildman–Crippen LogP) is 1.81. The number of aliphatic hydroxyl groups excluding tert-OH is 1. The van der Waals surface area contributed by atoms with E-state index >= 15 is 0 Å². The van der Waals surface area contributed by atoms with Crippen LogP contribution >= 0.6 is 12.8 Å². The molecule has 0 aromatic heterocycles. The van der Waals surface area contributed by atoms with Crippen LogP contribution in [0.25, 0.3) is 0 Å². The smallest absolute Gasteiger partial charge is 0.327 e. The van der Waals surface area contributed by atoms with E-state index in [1.54, 1.807) is 0 Å². The lowest BCUT2D eigenvalue weighted by Crippen LogP contribution is -2.38. The molecule has 0 aliphatic heterocycles. The molecule has 0 heterocycles. The van der Waals surface area contributed by atoms with Crippen molar-refractivity contribution in [2.45, 2.75) is 38.5 Å². The molecule has 0 unspecified atom stereocenters. The summed E-state index contributed by atoms with van der Waals surface area (Å²) < 4.78 is 1.44. The number of amides is 2. The van der Waals surface area contributed by atoms with Crippen molar-refractivity contribution in [1.29, 1.82) is 0 Å². The molecule has 5 heteroatoms. The van der Waals surface area contributed by atoms with Crippen LogP contribution in [0.2, 0.25) is 0 Å². The highest BCUT2D eigenvalue weighted by Gasteiger charge is 2.17. The van der Waals surface area contributed by atoms with Crippen LogP contribution in [0.1, 0.15) is 38.5 Å². The first-order valence-corrected chi connectivity index (χ1v) is 6.49. The van der Waals surface area contributed by atoms with Crippen molar-refractivity contribution in [3.05, 3.63) is 0 Å². The maximum absolute atomic E-state index is 11.5. The van der Waals surface area contributed by atoms with Crippen LogP contribution in [0.4, 0.5) is 4.79 Å². The van der Waals surface area contributed by atoms with E-state index in [-0.39, 0.29) is 12.6 Å². The van der Waals surface area contributed by atoms with Crippen LogP contribution in [-0.4, -0.2) is 35.1 Å². The Morgan fingerprint density at radius 2 is 1.94 bits per heavy atom. The quantitative estimate of drug-likeness (QED) is 0.523. The first-order valence-electron chi connectivity index (χ1n) is 6.09. The molecule has 1 aliphatic carbocycles. The minimum Gasteiger partial charge on any atom is -0.395 e. The van der Waals surface area contributed by atoms with Crippen molar-refractivity contribution >= 4 is 18.8 Å². The lowest BCUT2D eigenvalue weighted by molar-refractivity contribution is 0.214. The molecule has 0 spiro atoms. The van der Waals surface area contributed by atoms with Gasteiger partial charge in [-0.15, -0.1) is 0 Å². The summed E-state index contributed by atoms with van der Waals surface area (Å²) in [4.78, 5) is 11.5. The predicted molar refractivity (Wildman–Crippen MR) is 67.4 cm³/mol. The van der Waals surface area contributed by atoms with Gasteiger partial charge in [0.25, 0.3) is 0 Å². The van der Waals surface area contributed by atoms with Gasteiger partial charge >= 0.3 is 6.03 Å². The Morgan fingerprint density at radius 1 is 1.31 bits per heavy atom. The van der Waals surface area contributed by atoms with Crippen LogP contribution in [0, 0.1) is 5.92 Å². The lowest BCUT2D eigenvalue weighted by atomic mass is 10.0. The standard InChI is InChI=1S/C11H22N2O2S/c14-8-7-12-11(15)13(16)9-10-5-3-1-2-4-6-10/h10,14,16H,1-9H2,(H,12,15). The molecule has 4 nitrogen and oxygen atoms in total. The zero-order valence-corrected chi connectivity index (χ0v) is 10.6. The number of carbonyl (C=O) groups excluding carboxylic acids is 1. The Kier molecular flexibility index (Phi) is 6.64. The summed E-state index contributed by atoms with van der Waals surface area (Å²) in [6, 6.07) is -0.207. The summed E-state index contributed by atoms with van der Waals surface area (Å²) in [5, 5.41) is 11.2. The van der Waals surface area contributed by atoms with Crippen molar-refractivity contribution in [2.75, 3.05) is 19.7 Å². The second-order valence-electron chi connectivity index (χ2n) is 4.40. The van der Waals surface area contributed by atoms with E-state index in [0.717, 1.165) is 0 Å². The van der Waals surface area contributed by atoms with Crippen molar-refractivity contribution in [2.24, 2.45) is 5.92 Å². The molecule has 0 radical (unpaired) electrons. The molecule has 2 amide bonds. The van der Waals surface area contributed by atoms with E-state index < -0.39 is 0 Å². The Bertz CT molecular complexity index is 206. The molecule has 1 fully saturated rings. The second kappa shape index (κ2) is 7.79. The molecule has 94 valence electrons. The van der Waals surface area contributed by atoms with Gasteiger partial charge in [0.2, 0.25) is 0 Å². The summed E-state index contributed by atoms with van der Waals surface area (Å²) >= 11 is 4.18. The highest BCUT2D eigenvalue weighted by atomic mass is 32.1. The van der Waals surface area contributed by atoms with Crippen LogP contribution in [0.15, 0.2) is 0 Å². The monoisotopic (exact) mass is 246 g/mol. The fraction of sp³-hybridized carbons (Fsp3) is 0.909. The van der Waals surface area contributed by atoms with Gasteiger partial charge in [0.15, 0.2) is 0 Å². The van der Waals surface area contributed by atoms with E-state index in [1.165, 1.54) is 42.8 Å². The van der Waals surface area contributed by atoms with E-state index in [2.05, 4.69) is 18.1 Å². The van der Waals surface area contributed by atoms with Gasteiger partial charge in [0.1, 0.15) is 0 Å². The van der Waals surface area contributed by atoms with Crippen molar-refractivity contribution in [3.63, 3.8) is 0 Å². The van der Waals surface area contributed by atoms with Crippen molar-refractivity contribution in [3.8, 4) is 0 Å². The third-order valence-corrected chi connectivity index (χ3v) is 3.37. The summed E-state index contributed by atoms with van der Waals surface area (Å²) in [6.07, 6.45) is 7.57. The van der Waals surface area contributed by atoms with Crippen LogP contribution < -0.4 is 5.32 Å². The number of rotatable bonds is 4. The zero-order chi connectivity index (χ0) is 11.8. The molecule has 16 heavy (non-hydrogen) atoms. The van der Waals surface area contributed by atoms with Crippen molar-refractivity contribution in [1.82, 2.24) is 9.62 Å². The Balaban J connectivity index is 2.25. The number of carbonyl (C=O) groups is 1. The molecule has 0 aromatic rings. The maximum atomic E-state index is 11.5. The Hall–Kier alpha value is -0.420. The molecule has 0 atom stereocenters. The van der Waals surface area contributed by atoms with Gasteiger partial charge in [-0.25, -0.2) is 4.79 Å². The number of aliphatic hydroxyl groups is 1. The van der Waals surface area contributed by atoms with E-state index in [4.69, 9.17) is 5.11 Å². The highest BCUT2D eigenvalue weighted by Crippen LogP contribution is 2.23. The van der Waals surface area contributed by atoms with E-state index in [9.17, 15) is 4.79 Å². The number of urea groups is 1. The lowest BCUT2D eigenvalue weighted by Gasteiger charge is -2.22. The number of hydrogen-bond donors (Lipinski definition) is 3. The summed E-state index contributed by atoms with van der Waals surface area (Å²) in [7, 11) is 0. The Labute approximate surface area is 103 Å². The van der Waals surface area contributed by atoms with Gasteiger partial charge in [0, 0.05) is 13.1 Å². The van der Waals surface area contributed by atoms with Crippen molar-refractivity contribution < 1.29 is 9.90 Å². The average molecular weight is 246 g/mol. The third-order valence-electron chi connectivity index (χ3n) is 3.03. The fourth-order valence-electron chi connectivity index (χ4n) is 2.13. The van der Waals surface area contributed by atoms with Gasteiger partial charge in [-0.3, -0.25) is 4.31 Å². The minimum absolute atomic E-state index is 0.0310. The molecular weight excluding hydrogens is 224 g/mol. The summed E-state index contributed by atoms with van der Waals surface area (Å²) in [6.45, 7) is 0.970. The van der Waals surface area contributed by atoms with Gasteiger partial charge in [-0.2, -0.15) is 0 Å². The molecular formula is C11H22N2O2S. The highest BCUT2D eigenvalue weighted by molar-refractivity contribution is 7.78. The third kappa shape index (κ3) is 5.07. The summed E-state index contributed by atoms with van der Waals surface area (Å²) in [5.74, 6) is 0.583. The van der Waals surface area contributed by atoms with Crippen LogP contribution in [0.5, 0.6) is 0 Å². The Morgan fingerprint density at radius 3 is 2.50 bits per heavy atom. The maximum Gasteiger partial charge on any atom is 0.327 e. The number of thiol groups is 1. The average Bonchev–Trinajstić information content (AvgIpc) is 2.54. The van der Waals surface area contributed by atoms with Gasteiger partial charge < -0.3 is 10.4 Å². The van der Waals surface area contributed by atoms with Crippen LogP contribution in [0.3, 0.4) is 0 Å². The normalized spacial score (nSPS) is 17.9. The molecule has 1 aliphatic rings. The van der Waals surface area contributed by atoms with Gasteiger partial charge in [-0.05, 0) is 18.8 Å². The van der Waals surface area contributed by atoms with Gasteiger partial charge in [0.05, 0.1) is 6.61 Å². The van der Waals surface area contributed by atoms with E-state index in [1.807, 2.05) is 0 Å². The second-order valence-corrected chi connectivity index (χ2v) is 4.88. The molecule has 2 N–H and O–H groups in total. The molecule has 0 aromatic carbocycles. The molecule has 1 rings (SSSR count). The molecule has 1 saturated carbocycles. The fourth-order valence-corrected chi connectivity index (χ4v) is 2.43. The first-order chi connectivity index (χ1) is 7.74. The number of nitrogens with zero attached hydrogens (tertiary/aromatic N) is 1. The summed E-state index contributed by atoms with van der Waals surface area (Å²) in [5.41, 5.74) is 0. The number of nitrogens with one attached hydrogen (secondary N) is 1. The van der Waals surface area contributed by atoms with Gasteiger partial charge in [-0.1, -0.05) is 38.5 Å². The topological polar surface area (TPSA) is 52.6 Å². The molecule has 0 saturated heterocycles. The number of hydrogen-bond acceptors (Lipinski definition) is 3. The SMILES string of the molecule is O=C(NCCO)N(S)CC1CCCCCC1. The minimum atomic E-state index is -0.207.